The van der Waals surface area contributed by atoms with E-state index in [4.69, 9.17) is 9.72 Å². The maximum Gasteiger partial charge on any atom is 0.138 e. The largest absolute Gasteiger partial charge is 0.497 e. The molecule has 3 aromatic carbocycles. The maximum absolute atomic E-state index is 5.27. The highest BCUT2D eigenvalue weighted by Gasteiger charge is 2.15. The summed E-state index contributed by atoms with van der Waals surface area (Å²) >= 11 is 0. The first-order chi connectivity index (χ1) is 12.3. The Labute approximate surface area is 147 Å². The number of benzene rings is 3. The van der Waals surface area contributed by atoms with E-state index in [0.29, 0.717) is 0 Å². The van der Waals surface area contributed by atoms with Crippen molar-refractivity contribution >= 4 is 0 Å². The zero-order valence-corrected chi connectivity index (χ0v) is 13.9. The third kappa shape index (κ3) is 3.04. The van der Waals surface area contributed by atoms with E-state index in [0.717, 1.165) is 39.7 Å². The van der Waals surface area contributed by atoms with Crippen molar-refractivity contribution in [1.29, 1.82) is 0 Å². The highest BCUT2D eigenvalue weighted by molar-refractivity contribution is 5.81. The molecule has 0 aliphatic heterocycles. The van der Waals surface area contributed by atoms with E-state index < -0.39 is 0 Å². The second-order valence-electron chi connectivity index (χ2n) is 5.77. The van der Waals surface area contributed by atoms with Crippen LogP contribution in [-0.2, 0) is 0 Å². The Hall–Kier alpha value is -3.33. The van der Waals surface area contributed by atoms with Gasteiger partial charge < -0.3 is 9.72 Å². The summed E-state index contributed by atoms with van der Waals surface area (Å²) in [5.41, 5.74) is 5.19. The molecule has 0 aliphatic carbocycles. The van der Waals surface area contributed by atoms with Crippen LogP contribution in [0.3, 0.4) is 0 Å². The number of ether oxygens (including phenoxy) is 1. The van der Waals surface area contributed by atoms with Crippen molar-refractivity contribution in [1.82, 2.24) is 9.97 Å². The lowest BCUT2D eigenvalue weighted by molar-refractivity contribution is 0.415. The predicted molar refractivity (Wildman–Crippen MR) is 101 cm³/mol. The molecule has 0 amide bonds. The van der Waals surface area contributed by atoms with Crippen LogP contribution < -0.4 is 4.74 Å². The molecule has 0 atom stereocenters. The fourth-order valence-corrected chi connectivity index (χ4v) is 2.88. The molecule has 0 unspecified atom stereocenters. The maximum atomic E-state index is 5.27. The Morgan fingerprint density at radius 1 is 0.680 bits per heavy atom. The highest BCUT2D eigenvalue weighted by Crippen LogP contribution is 2.33. The number of hydrogen-bond acceptors (Lipinski definition) is 2. The van der Waals surface area contributed by atoms with Gasteiger partial charge in [0.25, 0.3) is 0 Å². The fraction of sp³-hybridized carbons (Fsp3) is 0.0455. The van der Waals surface area contributed by atoms with Crippen LogP contribution in [0.5, 0.6) is 5.75 Å². The van der Waals surface area contributed by atoms with Gasteiger partial charge in [-0.15, -0.1) is 0 Å². The molecule has 0 fully saturated rings. The van der Waals surface area contributed by atoms with Gasteiger partial charge in [0, 0.05) is 16.7 Å². The van der Waals surface area contributed by atoms with Crippen molar-refractivity contribution in [2.75, 3.05) is 7.11 Å². The summed E-state index contributed by atoms with van der Waals surface area (Å²) in [4.78, 5) is 8.38. The van der Waals surface area contributed by atoms with Crippen molar-refractivity contribution in [3.8, 4) is 39.7 Å². The number of methoxy groups -OCH3 is 1. The third-order valence-electron chi connectivity index (χ3n) is 4.18. The summed E-state index contributed by atoms with van der Waals surface area (Å²) in [6.45, 7) is 0. The van der Waals surface area contributed by atoms with E-state index >= 15 is 0 Å². The molecule has 0 radical (unpaired) electrons. The van der Waals surface area contributed by atoms with Crippen LogP contribution in [-0.4, -0.2) is 17.1 Å². The molecule has 0 spiro atoms. The monoisotopic (exact) mass is 326 g/mol. The van der Waals surface area contributed by atoms with Crippen LogP contribution in [0.15, 0.2) is 84.9 Å². The second-order valence-corrected chi connectivity index (χ2v) is 5.77. The lowest BCUT2D eigenvalue weighted by atomic mass is 10.1. The van der Waals surface area contributed by atoms with Gasteiger partial charge in [0.2, 0.25) is 0 Å². The number of aromatic nitrogens is 2. The average Bonchev–Trinajstić information content (AvgIpc) is 3.15. The standard InChI is InChI=1S/C22H18N2O/c1-25-19-14-12-17(13-15-19)21-20(16-8-4-2-5-9-16)23-22(24-21)18-10-6-3-7-11-18/h2-15H,1H3,(H,23,24). The Balaban J connectivity index is 1.87. The van der Waals surface area contributed by atoms with Crippen LogP contribution in [0, 0.1) is 0 Å². The lowest BCUT2D eigenvalue weighted by Crippen LogP contribution is -1.85. The summed E-state index contributed by atoms with van der Waals surface area (Å²) in [5.74, 6) is 1.71. The Kier molecular flexibility index (Phi) is 4.05. The minimum Gasteiger partial charge on any atom is -0.497 e. The predicted octanol–water partition coefficient (Wildman–Crippen LogP) is 5.42. The van der Waals surface area contributed by atoms with Crippen LogP contribution in [0.2, 0.25) is 0 Å². The molecular weight excluding hydrogens is 308 g/mol. The molecule has 1 N–H and O–H groups in total. The van der Waals surface area contributed by atoms with Gasteiger partial charge in [0.15, 0.2) is 0 Å². The van der Waals surface area contributed by atoms with E-state index in [1.807, 2.05) is 60.7 Å². The van der Waals surface area contributed by atoms with Gasteiger partial charge in [-0.3, -0.25) is 0 Å². The molecule has 0 aliphatic rings. The molecule has 3 heteroatoms. The first kappa shape index (κ1) is 15.2. The van der Waals surface area contributed by atoms with Gasteiger partial charge in [0.1, 0.15) is 11.6 Å². The number of nitrogens with zero attached hydrogens (tertiary/aromatic N) is 1. The number of rotatable bonds is 4. The summed E-state index contributed by atoms with van der Waals surface area (Å²) < 4.78 is 5.27. The highest BCUT2D eigenvalue weighted by atomic mass is 16.5. The van der Waals surface area contributed by atoms with E-state index in [1.54, 1.807) is 7.11 Å². The van der Waals surface area contributed by atoms with E-state index in [1.165, 1.54) is 0 Å². The topological polar surface area (TPSA) is 37.9 Å². The molecule has 25 heavy (non-hydrogen) atoms. The first-order valence-electron chi connectivity index (χ1n) is 8.20. The van der Waals surface area contributed by atoms with E-state index in [-0.39, 0.29) is 0 Å². The van der Waals surface area contributed by atoms with Crippen molar-refractivity contribution < 1.29 is 4.74 Å². The van der Waals surface area contributed by atoms with E-state index in [9.17, 15) is 0 Å². The van der Waals surface area contributed by atoms with Crippen LogP contribution in [0.1, 0.15) is 0 Å². The molecule has 0 saturated heterocycles. The van der Waals surface area contributed by atoms with Crippen molar-refractivity contribution in [2.24, 2.45) is 0 Å². The number of hydrogen-bond donors (Lipinski definition) is 1. The average molecular weight is 326 g/mol. The smallest absolute Gasteiger partial charge is 0.138 e. The third-order valence-corrected chi connectivity index (χ3v) is 4.18. The number of H-pyrrole nitrogens is 1. The summed E-state index contributed by atoms with van der Waals surface area (Å²) in [7, 11) is 1.67. The Bertz CT molecular complexity index is 958. The fourth-order valence-electron chi connectivity index (χ4n) is 2.88. The molecule has 0 saturated carbocycles. The Morgan fingerprint density at radius 3 is 1.88 bits per heavy atom. The SMILES string of the molecule is COc1ccc(-c2[nH]c(-c3ccccc3)nc2-c2ccccc2)cc1. The summed E-state index contributed by atoms with van der Waals surface area (Å²) in [6, 6.07) is 28.4. The van der Waals surface area contributed by atoms with Crippen molar-refractivity contribution in [3.63, 3.8) is 0 Å². The van der Waals surface area contributed by atoms with Gasteiger partial charge in [-0.2, -0.15) is 0 Å². The van der Waals surface area contributed by atoms with Gasteiger partial charge in [-0.05, 0) is 24.3 Å². The van der Waals surface area contributed by atoms with Gasteiger partial charge in [-0.25, -0.2) is 4.98 Å². The lowest BCUT2D eigenvalue weighted by Gasteiger charge is -2.04. The van der Waals surface area contributed by atoms with Gasteiger partial charge in [-0.1, -0.05) is 60.7 Å². The van der Waals surface area contributed by atoms with Crippen LogP contribution >= 0.6 is 0 Å². The quantitative estimate of drug-likeness (QED) is 0.544. The molecule has 122 valence electrons. The number of nitrogens with one attached hydrogen (secondary N) is 1. The summed E-state index contributed by atoms with van der Waals surface area (Å²) in [5, 5.41) is 0. The van der Waals surface area contributed by atoms with E-state index in [2.05, 4.69) is 29.2 Å². The molecular formula is C22H18N2O. The van der Waals surface area contributed by atoms with Gasteiger partial charge in [0.05, 0.1) is 18.5 Å². The number of aromatic amines is 1. The normalized spacial score (nSPS) is 10.6. The minimum absolute atomic E-state index is 0.841. The van der Waals surface area contributed by atoms with Gasteiger partial charge >= 0.3 is 0 Å². The molecule has 3 nitrogen and oxygen atoms in total. The first-order valence-corrected chi connectivity index (χ1v) is 8.20. The zero-order valence-electron chi connectivity index (χ0n) is 13.9. The Morgan fingerprint density at radius 2 is 1.28 bits per heavy atom. The molecule has 0 bridgehead atoms. The zero-order chi connectivity index (χ0) is 17.1. The second kappa shape index (κ2) is 6.65. The van der Waals surface area contributed by atoms with Crippen LogP contribution in [0.4, 0.5) is 0 Å². The molecule has 4 rings (SSSR count). The molecule has 4 aromatic rings. The van der Waals surface area contributed by atoms with Crippen molar-refractivity contribution in [3.05, 3.63) is 84.9 Å². The van der Waals surface area contributed by atoms with Crippen molar-refractivity contribution in [2.45, 2.75) is 0 Å². The van der Waals surface area contributed by atoms with Crippen LogP contribution in [0.25, 0.3) is 33.9 Å². The number of imidazole rings is 1. The molecule has 1 aromatic heterocycles. The minimum atomic E-state index is 0.841. The summed E-state index contributed by atoms with van der Waals surface area (Å²) in [6.07, 6.45) is 0. The molecule has 1 heterocycles.